The van der Waals surface area contributed by atoms with Gasteiger partial charge in [0.25, 0.3) is 6.43 Å². The lowest BCUT2D eigenvalue weighted by Crippen LogP contribution is -2.61. The van der Waals surface area contributed by atoms with Crippen molar-refractivity contribution in [2.45, 2.75) is 89.6 Å². The van der Waals surface area contributed by atoms with Crippen LogP contribution in [0.3, 0.4) is 0 Å². The summed E-state index contributed by atoms with van der Waals surface area (Å²) in [6.45, 7) is 8.46. The third kappa shape index (κ3) is 3.51. The summed E-state index contributed by atoms with van der Waals surface area (Å²) in [5.74, 6) is -1.44. The van der Waals surface area contributed by atoms with Crippen molar-refractivity contribution < 1.29 is 33.7 Å². The molecule has 6 nitrogen and oxygen atoms in total. The van der Waals surface area contributed by atoms with E-state index in [2.05, 4.69) is 6.58 Å². The van der Waals surface area contributed by atoms with Crippen LogP contribution in [0.1, 0.15) is 59.3 Å². The monoisotopic (exact) mass is 481 g/mol. The Labute approximate surface area is 199 Å². The predicted molar refractivity (Wildman–Crippen MR) is 122 cm³/mol. The molecule has 8 heteroatoms. The molecular weight excluding hydrogens is 444 g/mol. The molecule has 0 heterocycles. The number of rotatable bonds is 5. The summed E-state index contributed by atoms with van der Waals surface area (Å²) < 4.78 is 26.6. The number of allylic oxidation sites excluding steroid dienone is 1. The number of nitrogens with zero attached hydrogens (tertiary/aromatic N) is 1. The van der Waals surface area contributed by atoms with Crippen LogP contribution in [-0.4, -0.2) is 68.7 Å². The summed E-state index contributed by atoms with van der Waals surface area (Å²) >= 11 is 0. The zero-order valence-electron chi connectivity index (χ0n) is 20.2. The molecule has 0 saturated heterocycles. The summed E-state index contributed by atoms with van der Waals surface area (Å²) in [7, 11) is 0. The van der Waals surface area contributed by atoms with E-state index in [1.165, 1.54) is 0 Å². The van der Waals surface area contributed by atoms with Crippen molar-refractivity contribution in [3.63, 3.8) is 0 Å². The zero-order chi connectivity index (χ0) is 25.2. The minimum absolute atomic E-state index is 0.114. The Morgan fingerprint density at radius 2 is 1.91 bits per heavy atom. The number of amides is 1. The van der Waals surface area contributed by atoms with E-state index in [0.29, 0.717) is 31.3 Å². The maximum Gasteiger partial charge on any atom is 0.255 e. The Bertz CT molecular complexity index is 908. The largest absolute Gasteiger partial charge is 0.390 e. The first-order chi connectivity index (χ1) is 15.8. The van der Waals surface area contributed by atoms with Crippen molar-refractivity contribution in [2.75, 3.05) is 6.54 Å². The Morgan fingerprint density at radius 1 is 1.24 bits per heavy atom. The molecule has 34 heavy (non-hydrogen) atoms. The lowest BCUT2D eigenvalue weighted by atomic mass is 9.46. The number of halogens is 2. The zero-order valence-corrected chi connectivity index (χ0v) is 20.2. The van der Waals surface area contributed by atoms with Gasteiger partial charge in [-0.1, -0.05) is 20.4 Å². The van der Waals surface area contributed by atoms with Gasteiger partial charge in [-0.25, -0.2) is 8.78 Å². The van der Waals surface area contributed by atoms with E-state index >= 15 is 0 Å². The number of carbonyl (C=O) groups is 2. The molecule has 3 fully saturated rings. The van der Waals surface area contributed by atoms with Gasteiger partial charge in [-0.05, 0) is 80.4 Å². The van der Waals surface area contributed by atoms with Gasteiger partial charge in [0.15, 0.2) is 5.78 Å². The smallest absolute Gasteiger partial charge is 0.255 e. The van der Waals surface area contributed by atoms with Crippen molar-refractivity contribution in [3.05, 3.63) is 24.3 Å². The van der Waals surface area contributed by atoms with Crippen LogP contribution in [0, 0.1) is 28.6 Å². The molecular formula is C26H37F2NO5. The molecule has 0 aromatic heterocycles. The molecule has 0 aromatic carbocycles. The minimum Gasteiger partial charge on any atom is -0.390 e. The number of hydrogen-bond acceptors (Lipinski definition) is 5. The maximum absolute atomic E-state index is 13.3. The van der Waals surface area contributed by atoms with Crippen LogP contribution in [0.25, 0.3) is 0 Å². The molecule has 190 valence electrons. The molecule has 0 aliphatic heterocycles. The molecule has 0 bridgehead atoms. The van der Waals surface area contributed by atoms with Gasteiger partial charge in [-0.15, -0.1) is 0 Å². The van der Waals surface area contributed by atoms with Crippen LogP contribution in [0.15, 0.2) is 24.3 Å². The highest BCUT2D eigenvalue weighted by Gasteiger charge is 2.67. The first-order valence-electron chi connectivity index (χ1n) is 12.4. The molecule has 0 aromatic rings. The van der Waals surface area contributed by atoms with E-state index in [1.807, 2.05) is 13.8 Å². The topological polar surface area (TPSA) is 98.1 Å². The number of ketones is 1. The van der Waals surface area contributed by atoms with Gasteiger partial charge in [-0.2, -0.15) is 0 Å². The fraction of sp³-hybridized carbons (Fsp3) is 0.769. The van der Waals surface area contributed by atoms with E-state index in [9.17, 15) is 33.7 Å². The normalized spacial score (nSPS) is 44.6. The highest BCUT2D eigenvalue weighted by molar-refractivity contribution is 5.95. The fourth-order valence-electron chi connectivity index (χ4n) is 8.12. The van der Waals surface area contributed by atoms with Crippen LogP contribution in [-0.2, 0) is 9.59 Å². The van der Waals surface area contributed by atoms with Gasteiger partial charge < -0.3 is 20.2 Å². The molecule has 4 aliphatic carbocycles. The maximum atomic E-state index is 13.3. The minimum atomic E-state index is -2.68. The van der Waals surface area contributed by atoms with Gasteiger partial charge in [0.05, 0.1) is 24.4 Å². The third-order valence-electron chi connectivity index (χ3n) is 10.1. The highest BCUT2D eigenvalue weighted by atomic mass is 19.3. The number of hydrogen-bond donors (Lipinski definition) is 3. The summed E-state index contributed by atoms with van der Waals surface area (Å²) in [5, 5.41) is 32.8. The highest BCUT2D eigenvalue weighted by Crippen LogP contribution is 2.67. The number of fused-ring (bicyclic) bond motifs is 5. The predicted octanol–water partition coefficient (Wildman–Crippen LogP) is 2.86. The molecule has 4 aliphatic rings. The second-order valence-electron chi connectivity index (χ2n) is 11.5. The van der Waals surface area contributed by atoms with Gasteiger partial charge in [0, 0.05) is 17.4 Å². The summed E-state index contributed by atoms with van der Waals surface area (Å²) in [6.07, 6.45) is 0.787. The lowest BCUT2D eigenvalue weighted by molar-refractivity contribution is -0.154. The van der Waals surface area contributed by atoms with Gasteiger partial charge in [0.2, 0.25) is 5.91 Å². The van der Waals surface area contributed by atoms with Crippen LogP contribution in [0.5, 0.6) is 0 Å². The Morgan fingerprint density at radius 3 is 2.53 bits per heavy atom. The van der Waals surface area contributed by atoms with E-state index in [0.717, 1.165) is 11.0 Å². The van der Waals surface area contributed by atoms with E-state index in [4.69, 9.17) is 0 Å². The quantitative estimate of drug-likeness (QED) is 0.525. The summed E-state index contributed by atoms with van der Waals surface area (Å²) in [5.41, 5.74) is -1.89. The van der Waals surface area contributed by atoms with E-state index < -0.39 is 59.5 Å². The van der Waals surface area contributed by atoms with Crippen molar-refractivity contribution in [1.82, 2.24) is 4.90 Å². The van der Waals surface area contributed by atoms with E-state index in [1.54, 1.807) is 13.0 Å². The second-order valence-corrected chi connectivity index (χ2v) is 11.5. The molecule has 3 N–H and O–H groups in total. The van der Waals surface area contributed by atoms with Crippen molar-refractivity contribution in [1.29, 1.82) is 0 Å². The Kier molecular flexibility index (Phi) is 6.35. The van der Waals surface area contributed by atoms with Crippen molar-refractivity contribution >= 4 is 11.7 Å². The Balaban J connectivity index is 1.70. The second kappa shape index (κ2) is 8.49. The summed E-state index contributed by atoms with van der Waals surface area (Å²) in [6, 6.07) is -0.537. The number of carbonyl (C=O) groups excluding carboxylic acids is 2. The molecule has 3 saturated carbocycles. The van der Waals surface area contributed by atoms with Crippen LogP contribution in [0.2, 0.25) is 0 Å². The molecule has 9 atom stereocenters. The molecule has 0 radical (unpaired) electrons. The number of aliphatic hydroxyl groups excluding tert-OH is 2. The van der Waals surface area contributed by atoms with Crippen molar-refractivity contribution in [3.8, 4) is 0 Å². The third-order valence-corrected chi connectivity index (χ3v) is 10.1. The Hall–Kier alpha value is -1.64. The molecule has 1 amide bonds. The average Bonchev–Trinajstić information content (AvgIpc) is 3.04. The van der Waals surface area contributed by atoms with Gasteiger partial charge in [-0.3, -0.25) is 9.59 Å². The van der Waals surface area contributed by atoms with Crippen molar-refractivity contribution in [2.24, 2.45) is 28.6 Å². The van der Waals surface area contributed by atoms with Gasteiger partial charge in [0.1, 0.15) is 0 Å². The summed E-state index contributed by atoms with van der Waals surface area (Å²) in [4.78, 5) is 26.8. The van der Waals surface area contributed by atoms with Crippen LogP contribution in [0.4, 0.5) is 8.78 Å². The molecule has 6 unspecified atom stereocenters. The fourth-order valence-corrected chi connectivity index (χ4v) is 8.12. The first-order valence-corrected chi connectivity index (χ1v) is 12.4. The number of alkyl halides is 2. The lowest BCUT2D eigenvalue weighted by Gasteiger charge is -2.60. The van der Waals surface area contributed by atoms with Crippen LogP contribution < -0.4 is 0 Å². The van der Waals surface area contributed by atoms with Gasteiger partial charge >= 0.3 is 0 Å². The molecule has 4 rings (SSSR count). The standard InChI is InChI=1S/C26H37F2NO5/c1-5-23(33)29(13-22(27)28)14(2)15-7-9-26(34)17-10-19(30)18-11-20(31)21(32)12-24(18,3)16(17)6-8-25(15,26)4/h5,10,14-16,18,20-22,31-32,34H,1,6-9,11-13H2,2-4H3/t14?,15?,16?,18?,20?,21-,24?,25+,26+/m0/s1. The molecule has 0 spiro atoms. The van der Waals surface area contributed by atoms with Crippen LogP contribution >= 0.6 is 0 Å². The SMILES string of the molecule is C=CC(=O)N(CC(F)F)C(C)C1CC[C@@]2(O)C3=CC(=O)C4CC(O)[C@@H](O)CC4(C)C3CC[C@]12C. The van der Waals surface area contributed by atoms with E-state index in [-0.39, 0.29) is 30.5 Å². The first kappa shape index (κ1) is 25.5. The number of aliphatic hydroxyl groups is 3. The average molecular weight is 482 g/mol.